The molecule has 0 atom stereocenters. The average molecular weight is 513 g/mol. The normalized spacial score (nSPS) is 14.3. The largest absolute Gasteiger partial charge is 0.451 e. The molecule has 38 heavy (non-hydrogen) atoms. The van der Waals surface area contributed by atoms with E-state index in [0.29, 0.717) is 11.3 Å². The standard InChI is InChI=1S/C30H36N6O2/c1-32-11-10-24-26-18-23(7-9-28(26)38-29(24)30(37)33-2)36-15-13-35(14-16-36)12-4-3-5-22-20-34-27-8-6-21(19-31)17-25(22)27/h6-9,17-18,20,32,34H,3-5,10-16H2,1-2H3,(H,33,37). The van der Waals surface area contributed by atoms with E-state index in [2.05, 4.69) is 49.8 Å². The highest BCUT2D eigenvalue weighted by Gasteiger charge is 2.22. The number of carbonyl (C=O) groups is 1. The van der Waals surface area contributed by atoms with Gasteiger partial charge in [0.25, 0.3) is 5.91 Å². The highest BCUT2D eigenvalue weighted by molar-refractivity contribution is 5.99. The summed E-state index contributed by atoms with van der Waals surface area (Å²) in [7, 11) is 3.55. The SMILES string of the molecule is CNCCc1c(C(=O)NC)oc2ccc(N3CCN(CCCCc4c[nH]c5ccc(C#N)cc45)CC3)cc12. The van der Waals surface area contributed by atoms with Crippen LogP contribution in [0.3, 0.4) is 0 Å². The van der Waals surface area contributed by atoms with Crippen molar-refractivity contribution >= 4 is 33.5 Å². The smallest absolute Gasteiger partial charge is 0.287 e. The second-order valence-corrected chi connectivity index (χ2v) is 9.99. The van der Waals surface area contributed by atoms with E-state index in [0.717, 1.165) is 87.0 Å². The first kappa shape index (κ1) is 25.8. The van der Waals surface area contributed by atoms with Gasteiger partial charge in [-0.3, -0.25) is 9.69 Å². The fourth-order valence-corrected chi connectivity index (χ4v) is 5.46. The number of fused-ring (bicyclic) bond motifs is 2. The Hall–Kier alpha value is -3.80. The lowest BCUT2D eigenvalue weighted by molar-refractivity contribution is 0.0936. The molecule has 1 saturated heterocycles. The number of hydrogen-bond donors (Lipinski definition) is 3. The number of nitriles is 1. The number of aryl methyl sites for hydroxylation is 1. The van der Waals surface area contributed by atoms with Crippen LogP contribution in [0, 0.1) is 11.3 Å². The first-order chi connectivity index (χ1) is 18.6. The number of carbonyl (C=O) groups excluding carboxylic acids is 1. The van der Waals surface area contributed by atoms with Crippen LogP contribution in [-0.4, -0.2) is 69.2 Å². The van der Waals surface area contributed by atoms with Crippen LogP contribution in [-0.2, 0) is 12.8 Å². The van der Waals surface area contributed by atoms with E-state index >= 15 is 0 Å². The quantitative estimate of drug-likeness (QED) is 0.277. The van der Waals surface area contributed by atoms with Crippen LogP contribution in [0.25, 0.3) is 21.9 Å². The predicted octanol–water partition coefficient (Wildman–Crippen LogP) is 4.05. The molecule has 3 N–H and O–H groups in total. The molecular formula is C30H36N6O2. The van der Waals surface area contributed by atoms with Gasteiger partial charge in [0.1, 0.15) is 5.58 Å². The van der Waals surface area contributed by atoms with Crippen molar-refractivity contribution in [3.05, 3.63) is 65.0 Å². The van der Waals surface area contributed by atoms with E-state index in [-0.39, 0.29) is 5.91 Å². The fraction of sp³-hybridized carbons (Fsp3) is 0.400. The van der Waals surface area contributed by atoms with Gasteiger partial charge in [0.05, 0.1) is 11.6 Å². The lowest BCUT2D eigenvalue weighted by Crippen LogP contribution is -2.46. The minimum absolute atomic E-state index is 0.181. The summed E-state index contributed by atoms with van der Waals surface area (Å²) in [6.07, 6.45) is 6.13. The third kappa shape index (κ3) is 5.40. The molecule has 0 saturated carbocycles. The number of nitrogens with one attached hydrogen (secondary N) is 3. The monoisotopic (exact) mass is 512 g/mol. The van der Waals surface area contributed by atoms with Gasteiger partial charge in [-0.05, 0) is 87.8 Å². The summed E-state index contributed by atoms with van der Waals surface area (Å²) in [5, 5.41) is 17.3. The van der Waals surface area contributed by atoms with Crippen LogP contribution >= 0.6 is 0 Å². The molecule has 1 aliphatic heterocycles. The summed E-state index contributed by atoms with van der Waals surface area (Å²) in [4.78, 5) is 20.7. The molecule has 0 radical (unpaired) electrons. The number of nitrogens with zero attached hydrogens (tertiary/aromatic N) is 3. The molecule has 2 aromatic carbocycles. The van der Waals surface area contributed by atoms with Crippen molar-refractivity contribution in [2.75, 3.05) is 58.3 Å². The first-order valence-corrected chi connectivity index (χ1v) is 13.5. The van der Waals surface area contributed by atoms with E-state index in [1.807, 2.05) is 31.3 Å². The minimum atomic E-state index is -0.181. The molecule has 2 aromatic heterocycles. The number of rotatable bonds is 10. The maximum atomic E-state index is 12.4. The molecular weight excluding hydrogens is 476 g/mol. The number of amides is 1. The van der Waals surface area contributed by atoms with E-state index in [9.17, 15) is 10.1 Å². The summed E-state index contributed by atoms with van der Waals surface area (Å²) in [6.45, 7) is 5.93. The topological polar surface area (TPSA) is 100 Å². The van der Waals surface area contributed by atoms with Gasteiger partial charge < -0.3 is 24.9 Å². The average Bonchev–Trinajstić information content (AvgIpc) is 3.54. The van der Waals surface area contributed by atoms with Gasteiger partial charge in [-0.1, -0.05) is 0 Å². The molecule has 1 amide bonds. The van der Waals surface area contributed by atoms with Gasteiger partial charge in [-0.15, -0.1) is 0 Å². The fourth-order valence-electron chi connectivity index (χ4n) is 5.46. The van der Waals surface area contributed by atoms with Gasteiger partial charge in [-0.2, -0.15) is 5.26 Å². The molecule has 3 heterocycles. The van der Waals surface area contributed by atoms with Crippen molar-refractivity contribution in [3.63, 3.8) is 0 Å². The number of piperazine rings is 1. The molecule has 0 spiro atoms. The Morgan fingerprint density at radius 1 is 1.05 bits per heavy atom. The Bertz CT molecular complexity index is 1450. The summed E-state index contributed by atoms with van der Waals surface area (Å²) < 4.78 is 5.94. The second-order valence-electron chi connectivity index (χ2n) is 9.99. The number of aromatic nitrogens is 1. The number of unbranched alkanes of at least 4 members (excludes halogenated alkanes) is 1. The van der Waals surface area contributed by atoms with E-state index < -0.39 is 0 Å². The number of benzene rings is 2. The van der Waals surface area contributed by atoms with Crippen molar-refractivity contribution in [1.82, 2.24) is 20.5 Å². The van der Waals surface area contributed by atoms with Crippen molar-refractivity contribution in [2.45, 2.75) is 25.7 Å². The molecule has 1 aliphatic rings. The zero-order valence-corrected chi connectivity index (χ0v) is 22.3. The Kier molecular flexibility index (Phi) is 7.97. The molecule has 0 aliphatic carbocycles. The summed E-state index contributed by atoms with van der Waals surface area (Å²) in [5.74, 6) is 0.233. The van der Waals surface area contributed by atoms with Crippen LogP contribution in [0.2, 0.25) is 0 Å². The van der Waals surface area contributed by atoms with Crippen molar-refractivity contribution < 1.29 is 9.21 Å². The van der Waals surface area contributed by atoms with Crippen LogP contribution in [0.5, 0.6) is 0 Å². The number of H-pyrrole nitrogens is 1. The zero-order valence-electron chi connectivity index (χ0n) is 22.3. The van der Waals surface area contributed by atoms with Gasteiger partial charge in [0, 0.05) is 67.0 Å². The Balaban J connectivity index is 1.16. The predicted molar refractivity (Wildman–Crippen MR) is 152 cm³/mol. The van der Waals surface area contributed by atoms with Crippen molar-refractivity contribution in [3.8, 4) is 6.07 Å². The maximum absolute atomic E-state index is 12.4. The summed E-state index contributed by atoms with van der Waals surface area (Å²) in [6, 6.07) is 14.4. The Morgan fingerprint density at radius 3 is 2.66 bits per heavy atom. The van der Waals surface area contributed by atoms with Crippen LogP contribution in [0.1, 0.15) is 40.1 Å². The van der Waals surface area contributed by atoms with Crippen LogP contribution < -0.4 is 15.5 Å². The third-order valence-corrected chi connectivity index (χ3v) is 7.64. The molecule has 0 unspecified atom stereocenters. The van der Waals surface area contributed by atoms with E-state index in [1.165, 1.54) is 16.6 Å². The number of anilines is 1. The van der Waals surface area contributed by atoms with Gasteiger partial charge >= 0.3 is 0 Å². The first-order valence-electron chi connectivity index (χ1n) is 13.5. The van der Waals surface area contributed by atoms with Gasteiger partial charge in [0.2, 0.25) is 0 Å². The van der Waals surface area contributed by atoms with Gasteiger partial charge in [0.15, 0.2) is 5.76 Å². The molecule has 8 heteroatoms. The Labute approximate surface area is 223 Å². The van der Waals surface area contributed by atoms with E-state index in [4.69, 9.17) is 4.42 Å². The van der Waals surface area contributed by atoms with Crippen LogP contribution in [0.4, 0.5) is 5.69 Å². The lowest BCUT2D eigenvalue weighted by atomic mass is 10.0. The van der Waals surface area contributed by atoms with Crippen molar-refractivity contribution in [1.29, 1.82) is 5.26 Å². The molecule has 4 aromatic rings. The summed E-state index contributed by atoms with van der Waals surface area (Å²) in [5.41, 5.74) is 6.02. The number of likely N-dealkylation sites (N-methyl/N-ethyl adjacent to an activating group) is 1. The minimum Gasteiger partial charge on any atom is -0.451 e. The Morgan fingerprint density at radius 2 is 1.89 bits per heavy atom. The molecule has 1 fully saturated rings. The zero-order chi connectivity index (χ0) is 26.5. The third-order valence-electron chi connectivity index (χ3n) is 7.64. The van der Waals surface area contributed by atoms with Crippen molar-refractivity contribution in [2.24, 2.45) is 0 Å². The number of aromatic amines is 1. The number of furan rings is 1. The summed E-state index contributed by atoms with van der Waals surface area (Å²) >= 11 is 0. The highest BCUT2D eigenvalue weighted by atomic mass is 16.3. The van der Waals surface area contributed by atoms with Gasteiger partial charge in [-0.25, -0.2) is 0 Å². The van der Waals surface area contributed by atoms with E-state index in [1.54, 1.807) is 7.05 Å². The lowest BCUT2D eigenvalue weighted by Gasteiger charge is -2.36. The molecule has 0 bridgehead atoms. The molecule has 198 valence electrons. The molecule has 5 rings (SSSR count). The second kappa shape index (κ2) is 11.7. The highest BCUT2D eigenvalue weighted by Crippen LogP contribution is 2.31. The molecule has 8 nitrogen and oxygen atoms in total. The maximum Gasteiger partial charge on any atom is 0.287 e. The van der Waals surface area contributed by atoms with Crippen LogP contribution in [0.15, 0.2) is 47.0 Å². The number of hydrogen-bond acceptors (Lipinski definition) is 6.